The third kappa shape index (κ3) is 1.17. The van der Waals surface area contributed by atoms with E-state index in [4.69, 9.17) is 10.4 Å². The van der Waals surface area contributed by atoms with Crippen LogP contribution in [0.15, 0.2) is 23.8 Å². The van der Waals surface area contributed by atoms with Gasteiger partial charge in [0.25, 0.3) is 0 Å². The van der Waals surface area contributed by atoms with Crippen LogP contribution in [0, 0.1) is 0 Å². The molecule has 0 saturated carbocycles. The van der Waals surface area contributed by atoms with Gasteiger partial charge in [0.15, 0.2) is 0 Å². The van der Waals surface area contributed by atoms with Crippen molar-refractivity contribution in [2.75, 3.05) is 6.54 Å². The van der Waals surface area contributed by atoms with Crippen LogP contribution in [0.25, 0.3) is 0 Å². The second-order valence-corrected chi connectivity index (χ2v) is 3.88. The summed E-state index contributed by atoms with van der Waals surface area (Å²) in [6.07, 6.45) is 6.79. The number of hydrogen-bond acceptors (Lipinski definition) is 3. The number of allylic oxidation sites excluding steroid dienone is 3. The van der Waals surface area contributed by atoms with E-state index in [1.165, 1.54) is 0 Å². The van der Waals surface area contributed by atoms with Gasteiger partial charge in [0.05, 0.1) is 6.10 Å². The standard InChI is InChI=1S/C9H14BNO2/c1-9-5-3-2-4-7(9)8(6-11)13-10(9)12/h2-4,8,12H,5-6,11H2,1H3. The highest BCUT2D eigenvalue weighted by atomic mass is 16.5. The number of hydrogen-bond donors (Lipinski definition) is 2. The smallest absolute Gasteiger partial charge is 0.426 e. The lowest BCUT2D eigenvalue weighted by Crippen LogP contribution is -2.27. The van der Waals surface area contributed by atoms with Gasteiger partial charge in [0.2, 0.25) is 0 Å². The molecule has 3 N–H and O–H groups in total. The van der Waals surface area contributed by atoms with Crippen molar-refractivity contribution in [1.29, 1.82) is 0 Å². The molecule has 13 heavy (non-hydrogen) atoms. The molecule has 0 spiro atoms. The minimum Gasteiger partial charge on any atom is -0.426 e. The minimum absolute atomic E-state index is 0.107. The lowest BCUT2D eigenvalue weighted by Gasteiger charge is -2.26. The highest BCUT2D eigenvalue weighted by Crippen LogP contribution is 2.50. The van der Waals surface area contributed by atoms with E-state index in [9.17, 15) is 5.02 Å². The van der Waals surface area contributed by atoms with Crippen LogP contribution in [-0.2, 0) is 4.65 Å². The summed E-state index contributed by atoms with van der Waals surface area (Å²) < 4.78 is 5.38. The molecule has 1 aliphatic carbocycles. The van der Waals surface area contributed by atoms with E-state index >= 15 is 0 Å². The maximum Gasteiger partial charge on any atom is 0.465 e. The van der Waals surface area contributed by atoms with Crippen LogP contribution in [0.3, 0.4) is 0 Å². The third-order valence-corrected chi connectivity index (χ3v) is 3.01. The molecule has 0 amide bonds. The maximum absolute atomic E-state index is 9.73. The normalized spacial score (nSPS) is 37.6. The fraction of sp³-hybridized carbons (Fsp3) is 0.556. The van der Waals surface area contributed by atoms with E-state index in [1.54, 1.807) is 0 Å². The lowest BCUT2D eigenvalue weighted by molar-refractivity contribution is 0.229. The molecule has 3 nitrogen and oxygen atoms in total. The van der Waals surface area contributed by atoms with E-state index in [2.05, 4.69) is 6.08 Å². The monoisotopic (exact) mass is 179 g/mol. The molecule has 2 unspecified atom stereocenters. The van der Waals surface area contributed by atoms with Gasteiger partial charge in [-0.3, -0.25) is 0 Å². The first-order valence-corrected chi connectivity index (χ1v) is 4.59. The predicted molar refractivity (Wildman–Crippen MR) is 52.1 cm³/mol. The Morgan fingerprint density at radius 3 is 3.31 bits per heavy atom. The molecule has 1 heterocycles. The lowest BCUT2D eigenvalue weighted by atomic mass is 9.54. The first-order chi connectivity index (χ1) is 6.18. The fourth-order valence-electron chi connectivity index (χ4n) is 2.07. The second-order valence-electron chi connectivity index (χ2n) is 3.88. The number of nitrogens with two attached hydrogens (primary N) is 1. The Bertz CT molecular complexity index is 277. The van der Waals surface area contributed by atoms with Crippen LogP contribution in [0.5, 0.6) is 0 Å². The van der Waals surface area contributed by atoms with Crippen LogP contribution < -0.4 is 5.73 Å². The van der Waals surface area contributed by atoms with Gasteiger partial charge in [-0.2, -0.15) is 0 Å². The summed E-state index contributed by atoms with van der Waals surface area (Å²) in [6, 6.07) is 0. The summed E-state index contributed by atoms with van der Waals surface area (Å²) in [4.78, 5) is 0. The van der Waals surface area contributed by atoms with Gasteiger partial charge >= 0.3 is 7.12 Å². The molecule has 2 rings (SSSR count). The second kappa shape index (κ2) is 2.98. The molecule has 2 atom stereocenters. The molecule has 1 fully saturated rings. The zero-order chi connectivity index (χ0) is 9.47. The van der Waals surface area contributed by atoms with Gasteiger partial charge in [-0.05, 0) is 12.0 Å². The molecule has 0 bridgehead atoms. The van der Waals surface area contributed by atoms with Crippen molar-refractivity contribution in [2.24, 2.45) is 5.73 Å². The fourth-order valence-corrected chi connectivity index (χ4v) is 2.07. The van der Waals surface area contributed by atoms with E-state index in [0.717, 1.165) is 12.0 Å². The maximum atomic E-state index is 9.73. The van der Waals surface area contributed by atoms with Crippen LogP contribution in [-0.4, -0.2) is 24.8 Å². The summed E-state index contributed by atoms with van der Waals surface area (Å²) in [5, 5.41) is 9.48. The Balaban J connectivity index is 2.35. The van der Waals surface area contributed by atoms with E-state index in [0.29, 0.717) is 6.54 Å². The van der Waals surface area contributed by atoms with Crippen molar-refractivity contribution >= 4 is 7.12 Å². The zero-order valence-corrected chi connectivity index (χ0v) is 7.73. The number of rotatable bonds is 1. The zero-order valence-electron chi connectivity index (χ0n) is 7.73. The predicted octanol–water partition coefficient (Wildman–Crippen LogP) is 0.471. The molecule has 70 valence electrons. The van der Waals surface area contributed by atoms with Crippen molar-refractivity contribution in [3.05, 3.63) is 23.8 Å². The van der Waals surface area contributed by atoms with Gasteiger partial charge in [0, 0.05) is 11.9 Å². The molecular weight excluding hydrogens is 165 g/mol. The van der Waals surface area contributed by atoms with Crippen molar-refractivity contribution in [3.63, 3.8) is 0 Å². The Morgan fingerprint density at radius 2 is 2.62 bits per heavy atom. The van der Waals surface area contributed by atoms with Gasteiger partial charge in [-0.1, -0.05) is 25.2 Å². The highest BCUT2D eigenvalue weighted by Gasteiger charge is 2.52. The van der Waals surface area contributed by atoms with Crippen LogP contribution >= 0.6 is 0 Å². The Labute approximate surface area is 78.4 Å². The van der Waals surface area contributed by atoms with Gasteiger partial charge in [-0.25, -0.2) is 0 Å². The highest BCUT2D eigenvalue weighted by molar-refractivity contribution is 6.49. The van der Waals surface area contributed by atoms with E-state index < -0.39 is 7.12 Å². The molecule has 1 aliphatic heterocycles. The summed E-state index contributed by atoms with van der Waals surface area (Å²) in [5.74, 6) is 0. The largest absolute Gasteiger partial charge is 0.465 e. The van der Waals surface area contributed by atoms with Crippen LogP contribution in [0.4, 0.5) is 0 Å². The Hall–Kier alpha value is -0.575. The van der Waals surface area contributed by atoms with Crippen LogP contribution in [0.2, 0.25) is 5.31 Å². The molecule has 0 aromatic rings. The molecule has 0 aromatic carbocycles. The average Bonchev–Trinajstić information content (AvgIpc) is 2.39. The third-order valence-electron chi connectivity index (χ3n) is 3.01. The van der Waals surface area contributed by atoms with Gasteiger partial charge in [0.1, 0.15) is 0 Å². The summed E-state index contributed by atoms with van der Waals surface area (Å²) >= 11 is 0. The number of fused-ring (bicyclic) bond motifs is 1. The molecule has 1 saturated heterocycles. The van der Waals surface area contributed by atoms with Crippen molar-refractivity contribution in [2.45, 2.75) is 24.8 Å². The summed E-state index contributed by atoms with van der Waals surface area (Å²) in [6.45, 7) is 2.45. The topological polar surface area (TPSA) is 55.5 Å². The van der Waals surface area contributed by atoms with Gasteiger partial charge < -0.3 is 15.4 Å². The van der Waals surface area contributed by atoms with Crippen molar-refractivity contribution in [1.82, 2.24) is 0 Å². The molecule has 4 heteroatoms. The van der Waals surface area contributed by atoms with Crippen LogP contribution in [0.1, 0.15) is 13.3 Å². The first-order valence-electron chi connectivity index (χ1n) is 4.59. The first kappa shape index (κ1) is 9.00. The van der Waals surface area contributed by atoms with Gasteiger partial charge in [-0.15, -0.1) is 0 Å². The Morgan fingerprint density at radius 1 is 1.85 bits per heavy atom. The summed E-state index contributed by atoms with van der Waals surface area (Å²) in [7, 11) is -0.711. The van der Waals surface area contributed by atoms with E-state index in [-0.39, 0.29) is 11.4 Å². The minimum atomic E-state index is -0.711. The Kier molecular flexibility index (Phi) is 2.06. The molecule has 0 radical (unpaired) electrons. The average molecular weight is 179 g/mol. The van der Waals surface area contributed by atoms with E-state index in [1.807, 2.05) is 19.1 Å². The van der Waals surface area contributed by atoms with Crippen molar-refractivity contribution in [3.8, 4) is 0 Å². The molecule has 0 aromatic heterocycles. The quantitative estimate of drug-likeness (QED) is 0.575. The molecular formula is C9H14BNO2. The SMILES string of the molecule is CC12CC=CC=C1C(CN)OB2O. The van der Waals surface area contributed by atoms with Crippen molar-refractivity contribution < 1.29 is 9.68 Å². The molecule has 2 aliphatic rings. The summed E-state index contributed by atoms with van der Waals surface area (Å²) in [5.41, 5.74) is 6.69.